The van der Waals surface area contributed by atoms with Gasteiger partial charge in [-0.2, -0.15) is 0 Å². The van der Waals surface area contributed by atoms with Crippen LogP contribution in [0.5, 0.6) is 11.5 Å². The molecule has 2 bridgehead atoms. The first kappa shape index (κ1) is 19.9. The van der Waals surface area contributed by atoms with Crippen molar-refractivity contribution < 1.29 is 14.3 Å². The van der Waals surface area contributed by atoms with Crippen LogP contribution in [0.15, 0.2) is 17.8 Å². The molecular weight excluding hydrogens is 376 g/mol. The molecule has 5 heterocycles. The Bertz CT molecular complexity index is 875. The number of likely N-dealkylation sites (tertiary alicyclic amines) is 1. The minimum Gasteiger partial charge on any atom is -0.481 e. The zero-order valence-corrected chi connectivity index (χ0v) is 18.6. The van der Waals surface area contributed by atoms with Gasteiger partial charge in [0.2, 0.25) is 0 Å². The number of fused-ring (bicyclic) bond motifs is 3. The van der Waals surface area contributed by atoms with Gasteiger partial charge in [0.25, 0.3) is 0 Å². The molecule has 162 valence electrons. The Balaban J connectivity index is 1.44. The van der Waals surface area contributed by atoms with Crippen LogP contribution in [0.1, 0.15) is 63.5 Å². The molecular formula is C25H34N2O3. The van der Waals surface area contributed by atoms with Crippen LogP contribution in [0.25, 0.3) is 5.57 Å². The van der Waals surface area contributed by atoms with Crippen molar-refractivity contribution in [2.45, 2.75) is 64.9 Å². The van der Waals surface area contributed by atoms with Gasteiger partial charge in [0, 0.05) is 19.6 Å². The van der Waals surface area contributed by atoms with E-state index in [2.05, 4.69) is 29.7 Å². The second kappa shape index (κ2) is 7.60. The number of carbonyl (C=O) groups is 1. The van der Waals surface area contributed by atoms with Gasteiger partial charge in [0.1, 0.15) is 17.1 Å². The second-order valence-electron chi connectivity index (χ2n) is 9.90. The highest BCUT2D eigenvalue weighted by molar-refractivity contribution is 5.85. The SMILES string of the molecule is Cc1cc(OC(=O)CCN2CCCCC2)c2c(c1)OC(C)(C)C1=C2C2CCN1CC2. The van der Waals surface area contributed by atoms with Crippen LogP contribution in [0.4, 0.5) is 0 Å². The molecule has 6 rings (SSSR count). The van der Waals surface area contributed by atoms with Crippen molar-refractivity contribution >= 4 is 11.5 Å². The molecule has 0 radical (unpaired) electrons. The molecule has 0 aromatic heterocycles. The molecule has 1 aromatic rings. The largest absolute Gasteiger partial charge is 0.481 e. The predicted octanol–water partition coefficient (Wildman–Crippen LogP) is 4.38. The topological polar surface area (TPSA) is 42.0 Å². The van der Waals surface area contributed by atoms with E-state index in [9.17, 15) is 4.79 Å². The van der Waals surface area contributed by atoms with Gasteiger partial charge in [0.05, 0.1) is 17.7 Å². The second-order valence-corrected chi connectivity index (χ2v) is 9.90. The fraction of sp³-hybridized carbons (Fsp3) is 0.640. The van der Waals surface area contributed by atoms with Gasteiger partial charge in [-0.1, -0.05) is 6.42 Å². The Kier molecular flexibility index (Phi) is 5.04. The van der Waals surface area contributed by atoms with Crippen molar-refractivity contribution in [3.05, 3.63) is 29.0 Å². The van der Waals surface area contributed by atoms with Crippen molar-refractivity contribution in [2.24, 2.45) is 5.92 Å². The molecule has 0 amide bonds. The Labute approximate surface area is 180 Å². The summed E-state index contributed by atoms with van der Waals surface area (Å²) in [5.74, 6) is 1.94. The number of allylic oxidation sites excluding steroid dienone is 1. The number of ether oxygens (including phenoxy) is 2. The summed E-state index contributed by atoms with van der Waals surface area (Å²) in [7, 11) is 0. The van der Waals surface area contributed by atoms with E-state index in [0.29, 0.717) is 18.1 Å². The highest BCUT2D eigenvalue weighted by Gasteiger charge is 2.46. The summed E-state index contributed by atoms with van der Waals surface area (Å²) in [6, 6.07) is 4.12. The number of aryl methyl sites for hydroxylation is 1. The molecule has 5 aliphatic heterocycles. The van der Waals surface area contributed by atoms with Crippen LogP contribution in [0, 0.1) is 12.8 Å². The van der Waals surface area contributed by atoms with Crippen LogP contribution in [-0.4, -0.2) is 54.1 Å². The maximum Gasteiger partial charge on any atom is 0.312 e. The third-order valence-corrected chi connectivity index (χ3v) is 7.19. The van der Waals surface area contributed by atoms with Crippen LogP contribution in [0.3, 0.4) is 0 Å². The highest BCUT2D eigenvalue weighted by Crippen LogP contribution is 2.54. The van der Waals surface area contributed by atoms with Crippen LogP contribution < -0.4 is 9.47 Å². The summed E-state index contributed by atoms with van der Waals surface area (Å²) in [4.78, 5) is 17.7. The Morgan fingerprint density at radius 2 is 1.87 bits per heavy atom. The molecule has 1 aromatic carbocycles. The molecule has 2 fully saturated rings. The van der Waals surface area contributed by atoms with E-state index in [0.717, 1.165) is 49.6 Å². The third kappa shape index (κ3) is 3.51. The number of benzene rings is 1. The number of piperidine rings is 2. The lowest BCUT2D eigenvalue weighted by Crippen LogP contribution is -2.51. The van der Waals surface area contributed by atoms with Gasteiger partial charge < -0.3 is 19.3 Å². The van der Waals surface area contributed by atoms with Gasteiger partial charge >= 0.3 is 5.97 Å². The van der Waals surface area contributed by atoms with E-state index in [1.165, 1.54) is 43.4 Å². The predicted molar refractivity (Wildman–Crippen MR) is 118 cm³/mol. The van der Waals surface area contributed by atoms with Gasteiger partial charge in [-0.15, -0.1) is 0 Å². The molecule has 0 atom stereocenters. The molecule has 30 heavy (non-hydrogen) atoms. The maximum atomic E-state index is 12.8. The number of hydrogen-bond donors (Lipinski definition) is 0. The minimum absolute atomic E-state index is 0.137. The molecule has 5 nitrogen and oxygen atoms in total. The molecule has 0 saturated carbocycles. The zero-order chi connectivity index (χ0) is 20.9. The third-order valence-electron chi connectivity index (χ3n) is 7.19. The highest BCUT2D eigenvalue weighted by atomic mass is 16.5. The fourth-order valence-electron chi connectivity index (χ4n) is 5.86. The first-order valence-corrected chi connectivity index (χ1v) is 11.7. The van der Waals surface area contributed by atoms with Crippen LogP contribution in [0.2, 0.25) is 0 Å². The summed E-state index contributed by atoms with van der Waals surface area (Å²) in [6.45, 7) is 11.6. The minimum atomic E-state index is -0.356. The summed E-state index contributed by atoms with van der Waals surface area (Å²) < 4.78 is 12.5. The van der Waals surface area contributed by atoms with Crippen molar-refractivity contribution in [2.75, 3.05) is 32.7 Å². The summed E-state index contributed by atoms with van der Waals surface area (Å²) in [5, 5.41) is 0. The van der Waals surface area contributed by atoms with Crippen LogP contribution >= 0.6 is 0 Å². The Hall–Kier alpha value is -2.01. The molecule has 5 heteroatoms. The van der Waals surface area contributed by atoms with Gasteiger partial charge in [0.15, 0.2) is 0 Å². The number of hydrogen-bond acceptors (Lipinski definition) is 5. The van der Waals surface area contributed by atoms with Crippen molar-refractivity contribution in [3.63, 3.8) is 0 Å². The molecule has 2 saturated heterocycles. The first-order valence-electron chi connectivity index (χ1n) is 11.7. The van der Waals surface area contributed by atoms with E-state index in [4.69, 9.17) is 9.47 Å². The smallest absolute Gasteiger partial charge is 0.312 e. The number of rotatable bonds is 4. The van der Waals surface area contributed by atoms with E-state index in [1.807, 2.05) is 13.0 Å². The summed E-state index contributed by atoms with van der Waals surface area (Å²) in [5.41, 5.74) is 4.39. The van der Waals surface area contributed by atoms with Gasteiger partial charge in [-0.05, 0) is 88.7 Å². The normalized spacial score (nSPS) is 23.1. The molecule has 0 unspecified atom stereocenters. The van der Waals surface area contributed by atoms with Crippen LogP contribution in [-0.2, 0) is 4.79 Å². The van der Waals surface area contributed by atoms with E-state index in [1.54, 1.807) is 0 Å². The quantitative estimate of drug-likeness (QED) is 0.544. The first-order chi connectivity index (χ1) is 14.4. The number of carbonyl (C=O) groups excluding carboxylic acids is 1. The lowest BCUT2D eigenvalue weighted by atomic mass is 9.74. The summed E-state index contributed by atoms with van der Waals surface area (Å²) >= 11 is 0. The lowest BCUT2D eigenvalue weighted by Gasteiger charge is -2.51. The summed E-state index contributed by atoms with van der Waals surface area (Å²) in [6.07, 6.45) is 6.57. The van der Waals surface area contributed by atoms with Crippen molar-refractivity contribution in [1.29, 1.82) is 0 Å². The number of nitrogens with zero attached hydrogens (tertiary/aromatic N) is 2. The van der Waals surface area contributed by atoms with Crippen molar-refractivity contribution in [1.82, 2.24) is 9.80 Å². The Morgan fingerprint density at radius 3 is 2.60 bits per heavy atom. The molecule has 0 spiro atoms. The number of esters is 1. The standard InChI is InChI=1S/C25H34N2O3/c1-17-15-19(29-21(28)9-12-26-10-5-4-6-11-26)23-20(16-17)30-25(2,3)24-22(23)18-7-13-27(24)14-8-18/h15-16,18H,4-14H2,1-3H3. The van der Waals surface area contributed by atoms with Gasteiger partial charge in [-0.25, -0.2) is 0 Å². The average Bonchev–Trinajstić information content (AvgIpc) is 2.72. The van der Waals surface area contributed by atoms with E-state index < -0.39 is 0 Å². The lowest BCUT2D eigenvalue weighted by molar-refractivity contribution is -0.134. The average molecular weight is 411 g/mol. The Morgan fingerprint density at radius 1 is 1.13 bits per heavy atom. The fourth-order valence-corrected chi connectivity index (χ4v) is 5.86. The molecule has 0 aliphatic carbocycles. The van der Waals surface area contributed by atoms with Gasteiger partial charge in [-0.3, -0.25) is 4.79 Å². The molecule has 5 aliphatic rings. The maximum absolute atomic E-state index is 12.8. The van der Waals surface area contributed by atoms with Crippen molar-refractivity contribution in [3.8, 4) is 11.5 Å². The zero-order valence-electron chi connectivity index (χ0n) is 18.6. The molecule has 0 N–H and O–H groups in total. The van der Waals surface area contributed by atoms with E-state index >= 15 is 0 Å². The van der Waals surface area contributed by atoms with E-state index in [-0.39, 0.29) is 11.6 Å². The monoisotopic (exact) mass is 410 g/mol.